The SMILES string of the molecule is N#P(O)Nc1ccccc1. The third-order valence-corrected chi connectivity index (χ3v) is 1.46. The van der Waals surface area contributed by atoms with Crippen molar-refractivity contribution in [2.75, 3.05) is 5.09 Å². The number of rotatable bonds is 1. The first-order valence-electron chi connectivity index (χ1n) is 2.78. The van der Waals surface area contributed by atoms with E-state index in [-0.39, 0.29) is 0 Å². The average molecular weight is 154 g/mol. The lowest BCUT2D eigenvalue weighted by Gasteiger charge is -1.96. The quantitative estimate of drug-likeness (QED) is 0.607. The van der Waals surface area contributed by atoms with Crippen LogP contribution in [0.4, 0.5) is 5.69 Å². The maximum Gasteiger partial charge on any atom is 0.290 e. The summed E-state index contributed by atoms with van der Waals surface area (Å²) in [7, 11) is -2.03. The Morgan fingerprint density at radius 1 is 1.30 bits per heavy atom. The molecule has 0 aliphatic heterocycles. The van der Waals surface area contributed by atoms with Crippen LogP contribution >= 0.6 is 7.94 Å². The maximum atomic E-state index is 8.52. The topological polar surface area (TPSA) is 56.0 Å². The molecule has 0 heterocycles. The van der Waals surface area contributed by atoms with Gasteiger partial charge in [0.05, 0.1) is 0 Å². The molecular formula is C6H7N2OP. The first-order valence-corrected chi connectivity index (χ1v) is 4.03. The molecule has 4 heteroatoms. The highest BCUT2D eigenvalue weighted by molar-refractivity contribution is 7.38. The van der Waals surface area contributed by atoms with Crippen LogP contribution in [0.5, 0.6) is 0 Å². The van der Waals surface area contributed by atoms with Gasteiger partial charge in [-0.15, -0.1) is 0 Å². The monoisotopic (exact) mass is 154 g/mol. The predicted octanol–water partition coefficient (Wildman–Crippen LogP) is 1.88. The summed E-state index contributed by atoms with van der Waals surface area (Å²) in [6.07, 6.45) is 0. The Balaban J connectivity index is 2.71. The maximum absolute atomic E-state index is 8.52. The summed E-state index contributed by atoms with van der Waals surface area (Å²) in [4.78, 5) is 8.52. The van der Waals surface area contributed by atoms with Gasteiger partial charge < -0.3 is 4.89 Å². The van der Waals surface area contributed by atoms with E-state index in [1.54, 1.807) is 12.1 Å². The van der Waals surface area contributed by atoms with Crippen LogP contribution in [0.2, 0.25) is 0 Å². The van der Waals surface area contributed by atoms with Crippen molar-refractivity contribution in [3.63, 3.8) is 0 Å². The Bertz CT molecular complexity index is 264. The molecule has 0 spiro atoms. The molecule has 0 aliphatic rings. The Kier molecular flexibility index (Phi) is 2.30. The molecule has 52 valence electrons. The van der Waals surface area contributed by atoms with Gasteiger partial charge >= 0.3 is 0 Å². The lowest BCUT2D eigenvalue weighted by molar-refractivity contribution is 0.641. The summed E-state index contributed by atoms with van der Waals surface area (Å²) < 4.78 is 0. The molecule has 0 radical (unpaired) electrons. The number of hydrogen-bond donors (Lipinski definition) is 2. The summed E-state index contributed by atoms with van der Waals surface area (Å²) >= 11 is 0. The first-order chi connectivity index (χ1) is 4.79. The summed E-state index contributed by atoms with van der Waals surface area (Å²) in [5, 5.41) is 11.0. The zero-order valence-corrected chi connectivity index (χ0v) is 6.12. The van der Waals surface area contributed by atoms with Gasteiger partial charge in [-0.25, -0.2) is 0 Å². The number of nitrogens with one attached hydrogen (secondary N) is 1. The van der Waals surface area contributed by atoms with Crippen LogP contribution in [0, 0.1) is 5.00 Å². The van der Waals surface area contributed by atoms with Crippen LogP contribution in [0.1, 0.15) is 0 Å². The summed E-state index contributed by atoms with van der Waals surface area (Å²) in [6.45, 7) is 0. The van der Waals surface area contributed by atoms with Crippen LogP contribution in [-0.4, -0.2) is 4.89 Å². The number of para-hydroxylation sites is 1. The van der Waals surface area contributed by atoms with Crippen molar-refractivity contribution in [3.8, 4) is 0 Å². The van der Waals surface area contributed by atoms with Gasteiger partial charge in [-0.2, -0.15) is 5.00 Å². The fraction of sp³-hybridized carbons (Fsp3) is 0. The molecular weight excluding hydrogens is 147 g/mol. The molecule has 1 rings (SSSR count). The van der Waals surface area contributed by atoms with E-state index in [0.29, 0.717) is 0 Å². The van der Waals surface area contributed by atoms with E-state index < -0.39 is 7.94 Å². The molecule has 3 nitrogen and oxygen atoms in total. The largest absolute Gasteiger partial charge is 0.308 e. The fourth-order valence-electron chi connectivity index (χ4n) is 0.628. The molecule has 0 bridgehead atoms. The zero-order valence-electron chi connectivity index (χ0n) is 5.23. The predicted molar refractivity (Wildman–Crippen MR) is 40.9 cm³/mol. The third kappa shape index (κ3) is 2.08. The van der Waals surface area contributed by atoms with Gasteiger partial charge in [-0.3, -0.25) is 5.09 Å². The van der Waals surface area contributed by atoms with Gasteiger partial charge in [0.2, 0.25) is 0 Å². The Morgan fingerprint density at radius 2 is 1.90 bits per heavy atom. The van der Waals surface area contributed by atoms with E-state index in [9.17, 15) is 0 Å². The van der Waals surface area contributed by atoms with Crippen molar-refractivity contribution in [1.29, 1.82) is 5.00 Å². The second-order valence-corrected chi connectivity index (χ2v) is 2.57. The number of anilines is 1. The number of benzene rings is 1. The van der Waals surface area contributed by atoms with Gasteiger partial charge in [0.1, 0.15) is 0 Å². The molecule has 1 unspecified atom stereocenters. The average Bonchev–Trinajstić information content (AvgIpc) is 1.88. The Morgan fingerprint density at radius 3 is 2.40 bits per heavy atom. The van der Waals surface area contributed by atoms with Gasteiger partial charge in [0.15, 0.2) is 0 Å². The van der Waals surface area contributed by atoms with Crippen molar-refractivity contribution < 1.29 is 4.89 Å². The summed E-state index contributed by atoms with van der Waals surface area (Å²) in [5.74, 6) is 0. The molecule has 0 fully saturated rings. The minimum absolute atomic E-state index is 0.721. The van der Waals surface area contributed by atoms with Crippen molar-refractivity contribution >= 4 is 13.6 Å². The second-order valence-electron chi connectivity index (χ2n) is 1.77. The minimum atomic E-state index is -2.03. The van der Waals surface area contributed by atoms with E-state index in [1.165, 1.54) is 0 Å². The molecule has 0 aromatic heterocycles. The number of nitrogens with zero attached hydrogens (tertiary/aromatic N) is 1. The lowest BCUT2D eigenvalue weighted by Crippen LogP contribution is -1.81. The van der Waals surface area contributed by atoms with Gasteiger partial charge in [0, 0.05) is 5.69 Å². The van der Waals surface area contributed by atoms with Crippen molar-refractivity contribution in [2.24, 2.45) is 0 Å². The molecule has 2 N–H and O–H groups in total. The fourth-order valence-corrected chi connectivity index (χ4v) is 1.01. The van der Waals surface area contributed by atoms with Crippen LogP contribution in [0.3, 0.4) is 0 Å². The molecule has 1 aromatic carbocycles. The highest BCUT2D eigenvalue weighted by atomic mass is 31.1. The second kappa shape index (κ2) is 3.23. The summed E-state index contributed by atoms with van der Waals surface area (Å²) in [5.41, 5.74) is 0.721. The van der Waals surface area contributed by atoms with E-state index in [2.05, 4.69) is 5.09 Å². The van der Waals surface area contributed by atoms with Crippen molar-refractivity contribution in [3.05, 3.63) is 30.3 Å². The van der Waals surface area contributed by atoms with Crippen LogP contribution < -0.4 is 5.09 Å². The third-order valence-electron chi connectivity index (χ3n) is 1.00. The lowest BCUT2D eigenvalue weighted by atomic mass is 10.3. The first kappa shape index (κ1) is 7.10. The zero-order chi connectivity index (χ0) is 7.40. The Labute approximate surface area is 59.8 Å². The van der Waals surface area contributed by atoms with Crippen LogP contribution in [-0.2, 0) is 0 Å². The van der Waals surface area contributed by atoms with E-state index in [4.69, 9.17) is 9.90 Å². The Hall–Kier alpha value is -1.01. The normalized spacial score (nSPS) is 10.6. The van der Waals surface area contributed by atoms with Gasteiger partial charge in [-0.1, -0.05) is 18.2 Å². The standard InChI is InChI=1S/C6H7N2OP/c7-10(9)8-6-4-2-1-3-5-6/h1-5,8-9H. The van der Waals surface area contributed by atoms with Crippen molar-refractivity contribution in [2.45, 2.75) is 0 Å². The molecule has 0 amide bonds. The van der Waals surface area contributed by atoms with E-state index in [1.807, 2.05) is 18.2 Å². The highest BCUT2D eigenvalue weighted by Crippen LogP contribution is 2.15. The molecule has 0 saturated carbocycles. The molecule has 1 atom stereocenters. The smallest absolute Gasteiger partial charge is 0.290 e. The van der Waals surface area contributed by atoms with Crippen molar-refractivity contribution in [1.82, 2.24) is 0 Å². The van der Waals surface area contributed by atoms with Gasteiger partial charge in [-0.05, 0) is 12.1 Å². The highest BCUT2D eigenvalue weighted by Gasteiger charge is 1.88. The van der Waals surface area contributed by atoms with E-state index in [0.717, 1.165) is 5.69 Å². The van der Waals surface area contributed by atoms with Crippen LogP contribution in [0.25, 0.3) is 0 Å². The number of hydrogen-bond acceptors (Lipinski definition) is 3. The summed E-state index contributed by atoms with van der Waals surface area (Å²) in [6, 6.07) is 9.04. The van der Waals surface area contributed by atoms with Gasteiger partial charge in [0.25, 0.3) is 7.94 Å². The molecule has 0 aliphatic carbocycles. The van der Waals surface area contributed by atoms with E-state index >= 15 is 0 Å². The molecule has 1 aromatic rings. The molecule has 0 saturated heterocycles. The van der Waals surface area contributed by atoms with Crippen LogP contribution in [0.15, 0.2) is 30.3 Å². The molecule has 10 heavy (non-hydrogen) atoms. The minimum Gasteiger partial charge on any atom is -0.308 e.